The van der Waals surface area contributed by atoms with Crippen molar-refractivity contribution in [2.24, 2.45) is 0 Å². The van der Waals surface area contributed by atoms with Gasteiger partial charge in [0.1, 0.15) is 0 Å². The van der Waals surface area contributed by atoms with E-state index in [1.165, 1.54) is 26.5 Å². The van der Waals surface area contributed by atoms with Crippen LogP contribution in [0.25, 0.3) is 5.57 Å². The standard InChI is InChI=1S/C18H17BrClNS/c1-21(2)9-3-4-14-15-10-12(19)5-7-17(15)22-18-8-6-13(20)11-16(14)18/h4-8,10-11H,3,9H2,1-2H3/b14-4-. The van der Waals surface area contributed by atoms with Gasteiger partial charge in [-0.25, -0.2) is 0 Å². The number of halogens is 2. The van der Waals surface area contributed by atoms with Crippen molar-refractivity contribution in [3.8, 4) is 0 Å². The van der Waals surface area contributed by atoms with E-state index in [9.17, 15) is 0 Å². The molecule has 0 N–H and O–H groups in total. The average molecular weight is 395 g/mol. The van der Waals surface area contributed by atoms with Crippen LogP contribution in [-0.4, -0.2) is 25.5 Å². The molecule has 0 fully saturated rings. The van der Waals surface area contributed by atoms with Gasteiger partial charge in [-0.15, -0.1) is 0 Å². The van der Waals surface area contributed by atoms with E-state index in [1.54, 1.807) is 0 Å². The predicted octanol–water partition coefficient (Wildman–Crippen LogP) is 5.95. The Morgan fingerprint density at radius 2 is 1.77 bits per heavy atom. The summed E-state index contributed by atoms with van der Waals surface area (Å²) in [5, 5.41) is 0.788. The van der Waals surface area contributed by atoms with Crippen LogP contribution >= 0.6 is 39.3 Å². The molecule has 114 valence electrons. The van der Waals surface area contributed by atoms with E-state index >= 15 is 0 Å². The third kappa shape index (κ3) is 3.43. The van der Waals surface area contributed by atoms with Gasteiger partial charge in [-0.3, -0.25) is 0 Å². The predicted molar refractivity (Wildman–Crippen MR) is 100.0 cm³/mol. The molecule has 4 heteroatoms. The lowest BCUT2D eigenvalue weighted by Crippen LogP contribution is -2.12. The molecule has 0 spiro atoms. The minimum Gasteiger partial charge on any atom is -0.309 e. The van der Waals surface area contributed by atoms with Gasteiger partial charge in [-0.2, -0.15) is 0 Å². The molecular formula is C18H17BrClNS. The molecule has 0 radical (unpaired) electrons. The van der Waals surface area contributed by atoms with Crippen molar-refractivity contribution >= 4 is 44.9 Å². The fourth-order valence-electron chi connectivity index (χ4n) is 2.55. The summed E-state index contributed by atoms with van der Waals surface area (Å²) in [4.78, 5) is 4.78. The van der Waals surface area contributed by atoms with Crippen LogP contribution in [0.3, 0.4) is 0 Å². The van der Waals surface area contributed by atoms with E-state index in [0.29, 0.717) is 0 Å². The van der Waals surface area contributed by atoms with Crippen LogP contribution in [0, 0.1) is 0 Å². The molecule has 3 rings (SSSR count). The molecule has 22 heavy (non-hydrogen) atoms. The number of fused-ring (bicyclic) bond motifs is 2. The minimum atomic E-state index is 0.788. The van der Waals surface area contributed by atoms with E-state index in [0.717, 1.165) is 22.5 Å². The first-order valence-corrected chi connectivity index (χ1v) is 9.16. The second kappa shape index (κ2) is 6.79. The monoisotopic (exact) mass is 393 g/mol. The summed E-state index contributed by atoms with van der Waals surface area (Å²) in [5.74, 6) is 0. The Bertz CT molecular complexity index is 686. The summed E-state index contributed by atoms with van der Waals surface area (Å²) in [5.41, 5.74) is 3.81. The van der Waals surface area contributed by atoms with Crippen molar-refractivity contribution in [2.75, 3.05) is 20.6 Å². The molecule has 0 amide bonds. The van der Waals surface area contributed by atoms with Crippen LogP contribution in [0.5, 0.6) is 0 Å². The fourth-order valence-corrected chi connectivity index (χ4v) is 4.15. The van der Waals surface area contributed by atoms with Gasteiger partial charge in [0.2, 0.25) is 0 Å². The molecule has 0 atom stereocenters. The van der Waals surface area contributed by atoms with Gasteiger partial charge in [0.05, 0.1) is 0 Å². The molecule has 1 aliphatic rings. The van der Waals surface area contributed by atoms with Crippen molar-refractivity contribution < 1.29 is 0 Å². The van der Waals surface area contributed by atoms with Gasteiger partial charge in [0, 0.05) is 25.8 Å². The van der Waals surface area contributed by atoms with Crippen LogP contribution < -0.4 is 0 Å². The Labute approximate surface area is 149 Å². The number of hydrogen-bond acceptors (Lipinski definition) is 2. The first kappa shape index (κ1) is 16.1. The van der Waals surface area contributed by atoms with Crippen LogP contribution in [-0.2, 0) is 0 Å². The zero-order valence-electron chi connectivity index (χ0n) is 12.6. The highest BCUT2D eigenvalue weighted by Gasteiger charge is 2.21. The van der Waals surface area contributed by atoms with Crippen molar-refractivity contribution in [1.29, 1.82) is 0 Å². The van der Waals surface area contributed by atoms with Gasteiger partial charge >= 0.3 is 0 Å². The minimum absolute atomic E-state index is 0.788. The summed E-state index contributed by atoms with van der Waals surface area (Å²) in [6, 6.07) is 12.6. The maximum absolute atomic E-state index is 6.23. The van der Waals surface area contributed by atoms with Crippen molar-refractivity contribution in [1.82, 2.24) is 4.90 Å². The SMILES string of the molecule is CN(C)CC/C=C1\c2cc(Cl)ccc2Sc2ccc(Br)cc21. The molecule has 0 bridgehead atoms. The topological polar surface area (TPSA) is 3.24 Å². The number of hydrogen-bond donors (Lipinski definition) is 0. The maximum atomic E-state index is 6.23. The van der Waals surface area contributed by atoms with Gasteiger partial charge in [-0.1, -0.05) is 45.4 Å². The summed E-state index contributed by atoms with van der Waals surface area (Å²) in [6.45, 7) is 1.04. The number of rotatable bonds is 3. The van der Waals surface area contributed by atoms with Gasteiger partial charge in [0.15, 0.2) is 0 Å². The summed E-state index contributed by atoms with van der Waals surface area (Å²) >= 11 is 11.6. The lowest BCUT2D eigenvalue weighted by Gasteiger charge is -2.23. The highest BCUT2D eigenvalue weighted by molar-refractivity contribution is 9.10. The molecule has 1 heterocycles. The van der Waals surface area contributed by atoms with E-state index in [4.69, 9.17) is 11.6 Å². The Balaban J connectivity index is 2.09. The van der Waals surface area contributed by atoms with Crippen LogP contribution in [0.2, 0.25) is 5.02 Å². The second-order valence-corrected chi connectivity index (χ2v) is 8.03. The average Bonchev–Trinajstić information content (AvgIpc) is 2.47. The quantitative estimate of drug-likeness (QED) is 0.540. The number of nitrogens with zero attached hydrogens (tertiary/aromatic N) is 1. The van der Waals surface area contributed by atoms with Gasteiger partial charge in [0.25, 0.3) is 0 Å². The Kier molecular flexibility index (Phi) is 4.98. The highest BCUT2D eigenvalue weighted by atomic mass is 79.9. The van der Waals surface area contributed by atoms with Crippen molar-refractivity contribution in [3.05, 3.63) is 63.1 Å². The summed E-state index contributed by atoms with van der Waals surface area (Å²) in [7, 11) is 4.20. The summed E-state index contributed by atoms with van der Waals surface area (Å²) < 4.78 is 1.11. The highest BCUT2D eigenvalue weighted by Crippen LogP contribution is 2.46. The molecule has 0 aliphatic carbocycles. The fraction of sp³-hybridized carbons (Fsp3) is 0.222. The third-order valence-electron chi connectivity index (χ3n) is 3.61. The van der Waals surface area contributed by atoms with Crippen LogP contribution in [0.15, 0.2) is 56.7 Å². The zero-order chi connectivity index (χ0) is 15.7. The Morgan fingerprint density at radius 3 is 2.50 bits per heavy atom. The molecule has 2 aromatic carbocycles. The first-order chi connectivity index (χ1) is 10.5. The third-order valence-corrected chi connectivity index (χ3v) is 5.49. The van der Waals surface area contributed by atoms with E-state index in [1.807, 2.05) is 17.8 Å². The smallest absolute Gasteiger partial charge is 0.0412 e. The zero-order valence-corrected chi connectivity index (χ0v) is 15.7. The molecule has 0 saturated carbocycles. The number of benzene rings is 2. The molecule has 2 aromatic rings. The Hall–Kier alpha value is -0.740. The molecular weight excluding hydrogens is 378 g/mol. The van der Waals surface area contributed by atoms with E-state index in [2.05, 4.69) is 71.3 Å². The lowest BCUT2D eigenvalue weighted by atomic mass is 9.96. The normalized spacial score (nSPS) is 15.0. The first-order valence-electron chi connectivity index (χ1n) is 7.17. The van der Waals surface area contributed by atoms with Crippen LogP contribution in [0.4, 0.5) is 0 Å². The molecule has 1 nitrogen and oxygen atoms in total. The largest absolute Gasteiger partial charge is 0.309 e. The molecule has 0 unspecified atom stereocenters. The van der Waals surface area contributed by atoms with Crippen molar-refractivity contribution in [3.63, 3.8) is 0 Å². The van der Waals surface area contributed by atoms with Crippen molar-refractivity contribution in [2.45, 2.75) is 16.2 Å². The van der Waals surface area contributed by atoms with E-state index in [-0.39, 0.29) is 0 Å². The lowest BCUT2D eigenvalue weighted by molar-refractivity contribution is 0.417. The van der Waals surface area contributed by atoms with Crippen LogP contribution in [0.1, 0.15) is 17.5 Å². The van der Waals surface area contributed by atoms with Gasteiger partial charge in [-0.05, 0) is 73.6 Å². The molecule has 0 saturated heterocycles. The Morgan fingerprint density at radius 1 is 1.09 bits per heavy atom. The molecule has 0 aromatic heterocycles. The van der Waals surface area contributed by atoms with Gasteiger partial charge < -0.3 is 4.90 Å². The second-order valence-electron chi connectivity index (χ2n) is 5.59. The maximum Gasteiger partial charge on any atom is 0.0412 e. The van der Waals surface area contributed by atoms with E-state index < -0.39 is 0 Å². The summed E-state index contributed by atoms with van der Waals surface area (Å²) in [6.07, 6.45) is 3.35. The molecule has 1 aliphatic heterocycles.